The van der Waals surface area contributed by atoms with Crippen LogP contribution in [0.3, 0.4) is 0 Å². The standard InChI is InChI=1S/C17H22N2OS/c1-16(2,17(3,4)21)20-19-14-10-11-15(18-12-14)13-8-6-5-7-9-13/h5-12,19,21H,1-4H3. The maximum absolute atomic E-state index is 5.76. The number of anilines is 1. The largest absolute Gasteiger partial charge is 0.269 e. The molecule has 0 aliphatic carbocycles. The third-order valence-electron chi connectivity index (χ3n) is 3.73. The number of hydrogen-bond acceptors (Lipinski definition) is 4. The van der Waals surface area contributed by atoms with Crippen LogP contribution in [0, 0.1) is 0 Å². The highest BCUT2D eigenvalue weighted by molar-refractivity contribution is 7.81. The molecule has 0 amide bonds. The van der Waals surface area contributed by atoms with E-state index in [1.54, 1.807) is 6.20 Å². The van der Waals surface area contributed by atoms with E-state index in [-0.39, 0.29) is 4.75 Å². The molecule has 0 saturated carbocycles. The molecule has 3 nitrogen and oxygen atoms in total. The Bertz CT molecular complexity index is 574. The van der Waals surface area contributed by atoms with E-state index < -0.39 is 5.60 Å². The summed E-state index contributed by atoms with van der Waals surface area (Å²) in [6, 6.07) is 14.0. The fraction of sp³-hybridized carbons (Fsp3) is 0.353. The van der Waals surface area contributed by atoms with Crippen LogP contribution in [-0.4, -0.2) is 15.3 Å². The van der Waals surface area contributed by atoms with Gasteiger partial charge in [0.05, 0.1) is 17.6 Å². The lowest BCUT2D eigenvalue weighted by Crippen LogP contribution is -2.44. The smallest absolute Gasteiger partial charge is 0.104 e. The predicted octanol–water partition coefficient (Wildman–Crippen LogP) is 4.58. The molecule has 1 N–H and O–H groups in total. The van der Waals surface area contributed by atoms with Gasteiger partial charge in [0, 0.05) is 10.3 Å². The first-order valence-corrected chi connectivity index (χ1v) is 7.42. The Morgan fingerprint density at radius 3 is 2.19 bits per heavy atom. The van der Waals surface area contributed by atoms with Crippen molar-refractivity contribution in [2.75, 3.05) is 5.48 Å². The fourth-order valence-electron chi connectivity index (χ4n) is 1.55. The first kappa shape index (κ1) is 15.9. The number of aromatic nitrogens is 1. The normalized spacial score (nSPS) is 12.2. The fourth-order valence-corrected chi connectivity index (χ4v) is 1.59. The molecule has 112 valence electrons. The highest BCUT2D eigenvalue weighted by atomic mass is 32.1. The van der Waals surface area contributed by atoms with E-state index in [0.717, 1.165) is 16.9 Å². The average Bonchev–Trinajstić information content (AvgIpc) is 2.45. The average molecular weight is 302 g/mol. The van der Waals surface area contributed by atoms with E-state index in [9.17, 15) is 0 Å². The number of nitrogens with one attached hydrogen (secondary N) is 1. The van der Waals surface area contributed by atoms with Gasteiger partial charge < -0.3 is 0 Å². The summed E-state index contributed by atoms with van der Waals surface area (Å²) in [5.41, 5.74) is 5.39. The molecule has 1 aromatic heterocycles. The summed E-state index contributed by atoms with van der Waals surface area (Å²) in [6.07, 6.45) is 1.77. The third-order valence-corrected chi connectivity index (χ3v) is 4.27. The van der Waals surface area contributed by atoms with Crippen LogP contribution in [0.25, 0.3) is 11.3 Å². The lowest BCUT2D eigenvalue weighted by Gasteiger charge is -2.36. The highest BCUT2D eigenvalue weighted by Crippen LogP contribution is 2.31. The molecule has 0 saturated heterocycles. The van der Waals surface area contributed by atoms with Gasteiger partial charge in [0.2, 0.25) is 0 Å². The summed E-state index contributed by atoms with van der Waals surface area (Å²) >= 11 is 4.57. The molecule has 0 bridgehead atoms. The molecule has 0 radical (unpaired) electrons. The first-order chi connectivity index (χ1) is 9.79. The van der Waals surface area contributed by atoms with Crippen LogP contribution in [0.15, 0.2) is 48.7 Å². The number of rotatable bonds is 5. The van der Waals surface area contributed by atoms with Gasteiger partial charge in [0.1, 0.15) is 5.60 Å². The zero-order chi connectivity index (χ0) is 15.5. The van der Waals surface area contributed by atoms with E-state index in [1.165, 1.54) is 0 Å². The van der Waals surface area contributed by atoms with Crippen LogP contribution in [0.5, 0.6) is 0 Å². The summed E-state index contributed by atoms with van der Waals surface area (Å²) < 4.78 is -0.266. The van der Waals surface area contributed by atoms with E-state index >= 15 is 0 Å². The Kier molecular flexibility index (Phi) is 4.59. The molecular formula is C17H22N2OS. The van der Waals surface area contributed by atoms with Crippen molar-refractivity contribution in [2.24, 2.45) is 0 Å². The molecule has 21 heavy (non-hydrogen) atoms. The molecule has 1 aromatic carbocycles. The Labute approximate surface area is 132 Å². The van der Waals surface area contributed by atoms with Crippen molar-refractivity contribution >= 4 is 18.3 Å². The zero-order valence-electron chi connectivity index (χ0n) is 12.9. The molecule has 1 heterocycles. The molecule has 2 rings (SSSR count). The Morgan fingerprint density at radius 2 is 1.67 bits per heavy atom. The van der Waals surface area contributed by atoms with Gasteiger partial charge in [-0.3, -0.25) is 15.3 Å². The maximum Gasteiger partial charge on any atom is 0.104 e. The monoisotopic (exact) mass is 302 g/mol. The molecule has 0 fully saturated rings. The number of pyridine rings is 1. The van der Waals surface area contributed by atoms with Gasteiger partial charge in [-0.15, -0.1) is 0 Å². The molecule has 0 unspecified atom stereocenters. The van der Waals surface area contributed by atoms with Crippen molar-refractivity contribution < 1.29 is 4.84 Å². The van der Waals surface area contributed by atoms with Crippen molar-refractivity contribution in [3.05, 3.63) is 48.7 Å². The quantitative estimate of drug-likeness (QED) is 0.626. The van der Waals surface area contributed by atoms with Crippen molar-refractivity contribution in [1.29, 1.82) is 0 Å². The van der Waals surface area contributed by atoms with Crippen LogP contribution in [0.2, 0.25) is 0 Å². The molecule has 4 heteroatoms. The van der Waals surface area contributed by atoms with Gasteiger partial charge in [0.15, 0.2) is 0 Å². The number of hydrogen-bond donors (Lipinski definition) is 2. The Morgan fingerprint density at radius 1 is 1.00 bits per heavy atom. The van der Waals surface area contributed by atoms with E-state index in [4.69, 9.17) is 4.84 Å². The molecule has 2 aromatic rings. The second-order valence-corrected chi connectivity index (χ2v) is 7.19. The molecule has 0 atom stereocenters. The highest BCUT2D eigenvalue weighted by Gasteiger charge is 2.35. The van der Waals surface area contributed by atoms with Crippen molar-refractivity contribution in [3.63, 3.8) is 0 Å². The van der Waals surface area contributed by atoms with Crippen molar-refractivity contribution in [1.82, 2.24) is 4.98 Å². The van der Waals surface area contributed by atoms with Crippen LogP contribution in [0.1, 0.15) is 27.7 Å². The second-order valence-electron chi connectivity index (χ2n) is 6.07. The predicted molar refractivity (Wildman–Crippen MR) is 91.5 cm³/mol. The summed E-state index contributed by atoms with van der Waals surface area (Å²) in [6.45, 7) is 8.04. The van der Waals surface area contributed by atoms with Gasteiger partial charge in [-0.1, -0.05) is 30.3 Å². The minimum absolute atomic E-state index is 0.266. The summed E-state index contributed by atoms with van der Waals surface area (Å²) in [5.74, 6) is 0. The van der Waals surface area contributed by atoms with E-state index in [1.807, 2.05) is 70.2 Å². The third kappa shape index (κ3) is 3.99. The number of nitrogens with zero attached hydrogens (tertiary/aromatic N) is 1. The van der Waals surface area contributed by atoms with Gasteiger partial charge in [-0.25, -0.2) is 0 Å². The SMILES string of the molecule is CC(C)(S)C(C)(C)ONc1ccc(-c2ccccc2)nc1. The van der Waals surface area contributed by atoms with Crippen molar-refractivity contribution in [2.45, 2.75) is 38.0 Å². The van der Waals surface area contributed by atoms with Crippen molar-refractivity contribution in [3.8, 4) is 11.3 Å². The maximum atomic E-state index is 5.76. The topological polar surface area (TPSA) is 34.1 Å². The first-order valence-electron chi connectivity index (χ1n) is 6.97. The lowest BCUT2D eigenvalue weighted by molar-refractivity contribution is -0.00305. The number of thiol groups is 1. The lowest BCUT2D eigenvalue weighted by atomic mass is 9.94. The van der Waals surface area contributed by atoms with Gasteiger partial charge in [-0.2, -0.15) is 12.6 Å². The minimum atomic E-state index is -0.422. The minimum Gasteiger partial charge on any atom is -0.269 e. The molecular weight excluding hydrogens is 280 g/mol. The summed E-state index contributed by atoms with van der Waals surface area (Å²) in [5, 5.41) is 0. The van der Waals surface area contributed by atoms with E-state index in [2.05, 4.69) is 23.1 Å². The van der Waals surface area contributed by atoms with Gasteiger partial charge in [0.25, 0.3) is 0 Å². The van der Waals surface area contributed by atoms with E-state index in [0.29, 0.717) is 0 Å². The van der Waals surface area contributed by atoms with Crippen LogP contribution < -0.4 is 5.48 Å². The Hall–Kier alpha value is -1.52. The van der Waals surface area contributed by atoms with Crippen LogP contribution in [-0.2, 0) is 4.84 Å². The Balaban J connectivity index is 2.04. The molecule has 0 aliphatic heterocycles. The van der Waals surface area contributed by atoms with Gasteiger partial charge in [-0.05, 0) is 39.8 Å². The van der Waals surface area contributed by atoms with Crippen LogP contribution in [0.4, 0.5) is 5.69 Å². The zero-order valence-corrected chi connectivity index (χ0v) is 13.8. The summed E-state index contributed by atoms with van der Waals surface area (Å²) in [7, 11) is 0. The molecule has 0 aliphatic rings. The number of benzene rings is 1. The summed E-state index contributed by atoms with van der Waals surface area (Å²) in [4.78, 5) is 10.2. The molecule has 0 spiro atoms. The van der Waals surface area contributed by atoms with Crippen LogP contribution >= 0.6 is 12.6 Å². The second kappa shape index (κ2) is 6.08. The van der Waals surface area contributed by atoms with Gasteiger partial charge >= 0.3 is 0 Å².